The molecule has 0 aromatic heterocycles. The summed E-state index contributed by atoms with van der Waals surface area (Å²) in [7, 11) is 0. The number of nitrogens with zero attached hydrogens (tertiary/aromatic N) is 2. The molecule has 0 aromatic rings. The second kappa shape index (κ2) is 11.1. The lowest BCUT2D eigenvalue weighted by molar-refractivity contribution is -0.136. The molecule has 0 aromatic carbocycles. The monoisotopic (exact) mass is 388 g/mol. The molecule has 7 heteroatoms. The van der Waals surface area contributed by atoms with E-state index in [1.807, 2.05) is 4.90 Å². The largest absolute Gasteiger partial charge is 0.354 e. The lowest BCUT2D eigenvalue weighted by Crippen LogP contribution is -2.50. The van der Waals surface area contributed by atoms with Crippen molar-refractivity contribution in [1.82, 2.24) is 20.4 Å². The Labute approximate surface area is 164 Å². The maximum Gasteiger partial charge on any atom is 0.237 e. The van der Waals surface area contributed by atoms with Gasteiger partial charge < -0.3 is 15.5 Å². The van der Waals surface area contributed by atoms with Gasteiger partial charge in [-0.3, -0.25) is 14.5 Å². The lowest BCUT2D eigenvalue weighted by Gasteiger charge is -2.36. The van der Waals surface area contributed by atoms with Crippen molar-refractivity contribution >= 4 is 24.2 Å². The van der Waals surface area contributed by atoms with E-state index in [0.717, 1.165) is 51.9 Å². The number of halogens is 1. The van der Waals surface area contributed by atoms with Gasteiger partial charge in [-0.1, -0.05) is 0 Å². The van der Waals surface area contributed by atoms with Crippen LogP contribution in [-0.4, -0.2) is 72.5 Å². The highest BCUT2D eigenvalue weighted by atomic mass is 35.5. The number of rotatable bonds is 7. The number of carbonyl (C=O) groups excluding carboxylic acids is 2. The van der Waals surface area contributed by atoms with Crippen LogP contribution in [0.5, 0.6) is 0 Å². The van der Waals surface area contributed by atoms with Crippen LogP contribution in [0.25, 0.3) is 0 Å². The first-order chi connectivity index (χ1) is 11.9. The van der Waals surface area contributed by atoms with E-state index >= 15 is 0 Å². The van der Waals surface area contributed by atoms with E-state index < -0.39 is 0 Å². The van der Waals surface area contributed by atoms with Crippen molar-refractivity contribution in [3.63, 3.8) is 0 Å². The fraction of sp³-hybridized carbons (Fsp3) is 0.895. The number of nitrogens with one attached hydrogen (secondary N) is 2. The van der Waals surface area contributed by atoms with E-state index in [2.05, 4.69) is 43.2 Å². The molecule has 0 aliphatic carbocycles. The Bertz CT molecular complexity index is 445. The molecule has 0 spiro atoms. The van der Waals surface area contributed by atoms with Crippen LogP contribution in [0.15, 0.2) is 0 Å². The van der Waals surface area contributed by atoms with E-state index in [-0.39, 0.29) is 42.3 Å². The summed E-state index contributed by atoms with van der Waals surface area (Å²) < 4.78 is 0. The van der Waals surface area contributed by atoms with Crippen LogP contribution in [0.3, 0.4) is 0 Å². The number of carbonyl (C=O) groups is 2. The number of hydrogen-bond acceptors (Lipinski definition) is 4. The van der Waals surface area contributed by atoms with Crippen molar-refractivity contribution < 1.29 is 9.59 Å². The van der Waals surface area contributed by atoms with E-state index in [1.165, 1.54) is 0 Å². The van der Waals surface area contributed by atoms with Crippen LogP contribution in [0, 0.1) is 5.92 Å². The molecule has 2 amide bonds. The first-order valence-electron chi connectivity index (χ1n) is 9.93. The molecule has 2 aliphatic rings. The molecule has 0 saturated carbocycles. The van der Waals surface area contributed by atoms with Crippen molar-refractivity contribution in [2.75, 3.05) is 32.7 Å². The number of piperidine rings is 1. The van der Waals surface area contributed by atoms with Crippen LogP contribution >= 0.6 is 12.4 Å². The van der Waals surface area contributed by atoms with E-state index in [4.69, 9.17) is 0 Å². The molecule has 2 aliphatic heterocycles. The van der Waals surface area contributed by atoms with E-state index in [9.17, 15) is 9.59 Å². The highest BCUT2D eigenvalue weighted by Crippen LogP contribution is 2.17. The van der Waals surface area contributed by atoms with Crippen LogP contribution < -0.4 is 10.6 Å². The Hall–Kier alpha value is -0.850. The van der Waals surface area contributed by atoms with Gasteiger partial charge in [0.25, 0.3) is 0 Å². The van der Waals surface area contributed by atoms with Crippen LogP contribution in [-0.2, 0) is 9.59 Å². The fourth-order valence-electron chi connectivity index (χ4n) is 4.18. The number of hydrogen-bond donors (Lipinski definition) is 2. The molecule has 26 heavy (non-hydrogen) atoms. The third-order valence-corrected chi connectivity index (χ3v) is 5.30. The third-order valence-electron chi connectivity index (χ3n) is 5.30. The Morgan fingerprint density at radius 3 is 2.42 bits per heavy atom. The van der Waals surface area contributed by atoms with Gasteiger partial charge in [0.05, 0.1) is 12.6 Å². The Kier molecular flexibility index (Phi) is 9.90. The van der Waals surface area contributed by atoms with Crippen molar-refractivity contribution in [2.24, 2.45) is 5.92 Å². The highest BCUT2D eigenvalue weighted by Gasteiger charge is 2.27. The molecule has 2 atom stereocenters. The van der Waals surface area contributed by atoms with E-state index in [1.54, 1.807) is 0 Å². The normalized spacial score (nSPS) is 23.8. The molecule has 152 valence electrons. The topological polar surface area (TPSA) is 64.7 Å². The molecule has 2 saturated heterocycles. The molecule has 2 heterocycles. The molecule has 0 radical (unpaired) electrons. The first-order valence-corrected chi connectivity index (χ1v) is 9.93. The average Bonchev–Trinajstić information content (AvgIpc) is 3.06. The summed E-state index contributed by atoms with van der Waals surface area (Å²) in [5, 5.41) is 6.34. The predicted molar refractivity (Wildman–Crippen MR) is 108 cm³/mol. The second-order valence-corrected chi connectivity index (χ2v) is 8.13. The molecule has 2 rings (SSSR count). The zero-order chi connectivity index (χ0) is 18.4. The Morgan fingerprint density at radius 1 is 1.15 bits per heavy atom. The fourth-order valence-corrected chi connectivity index (χ4v) is 4.18. The number of amides is 2. The molecule has 2 unspecified atom stereocenters. The van der Waals surface area contributed by atoms with Gasteiger partial charge in [0.15, 0.2) is 0 Å². The smallest absolute Gasteiger partial charge is 0.237 e. The minimum Gasteiger partial charge on any atom is -0.354 e. The van der Waals surface area contributed by atoms with Gasteiger partial charge in [-0.05, 0) is 72.4 Å². The van der Waals surface area contributed by atoms with E-state index in [0.29, 0.717) is 12.5 Å². The molecular weight excluding hydrogens is 352 g/mol. The quantitative estimate of drug-likeness (QED) is 0.695. The zero-order valence-electron chi connectivity index (χ0n) is 16.8. The standard InChI is InChI=1S/C19H36N4O2.ClH/c1-14(2)23(15(3)4)18(24)13-22-10-6-7-16(12-22)11-21-19(25)17-8-5-9-20-17;/h14-17,20H,5-13H2,1-4H3,(H,21,25);1H. The van der Waals surface area contributed by atoms with Gasteiger partial charge >= 0.3 is 0 Å². The Morgan fingerprint density at radius 2 is 1.85 bits per heavy atom. The maximum atomic E-state index is 12.6. The number of likely N-dealkylation sites (tertiary alicyclic amines) is 1. The molecule has 2 fully saturated rings. The lowest BCUT2D eigenvalue weighted by atomic mass is 9.97. The summed E-state index contributed by atoms with van der Waals surface area (Å²) in [6.45, 7) is 12.3. The first kappa shape index (κ1) is 23.2. The summed E-state index contributed by atoms with van der Waals surface area (Å²) in [6, 6.07) is 0.449. The minimum atomic E-state index is -0.00749. The van der Waals surface area contributed by atoms with Gasteiger partial charge in [0, 0.05) is 25.2 Å². The Balaban J connectivity index is 0.00000338. The molecule has 0 bridgehead atoms. The SMILES string of the molecule is CC(C)N(C(=O)CN1CCCC(CNC(=O)C2CCCN2)C1)C(C)C.Cl. The summed E-state index contributed by atoms with van der Waals surface area (Å²) in [5.41, 5.74) is 0. The zero-order valence-corrected chi connectivity index (χ0v) is 17.6. The molecular formula is C19H37ClN4O2. The van der Waals surface area contributed by atoms with Gasteiger partial charge in [-0.25, -0.2) is 0 Å². The van der Waals surface area contributed by atoms with Crippen molar-refractivity contribution in [2.45, 2.75) is 71.5 Å². The summed E-state index contributed by atoms with van der Waals surface area (Å²) in [4.78, 5) is 29.0. The van der Waals surface area contributed by atoms with Gasteiger partial charge in [0.2, 0.25) is 11.8 Å². The van der Waals surface area contributed by atoms with Crippen LogP contribution in [0.2, 0.25) is 0 Å². The second-order valence-electron chi connectivity index (χ2n) is 8.13. The average molecular weight is 389 g/mol. The minimum absolute atomic E-state index is 0. The summed E-state index contributed by atoms with van der Waals surface area (Å²) >= 11 is 0. The van der Waals surface area contributed by atoms with Gasteiger partial charge in [-0.2, -0.15) is 0 Å². The van der Waals surface area contributed by atoms with Crippen LogP contribution in [0.4, 0.5) is 0 Å². The van der Waals surface area contributed by atoms with Gasteiger partial charge in [0.1, 0.15) is 0 Å². The van der Waals surface area contributed by atoms with Crippen LogP contribution in [0.1, 0.15) is 53.4 Å². The molecule has 6 nitrogen and oxygen atoms in total. The van der Waals surface area contributed by atoms with Crippen molar-refractivity contribution in [1.29, 1.82) is 0 Å². The summed E-state index contributed by atoms with van der Waals surface area (Å²) in [6.07, 6.45) is 4.25. The predicted octanol–water partition coefficient (Wildman–Crippen LogP) is 1.63. The third kappa shape index (κ3) is 6.71. The molecule has 2 N–H and O–H groups in total. The summed E-state index contributed by atoms with van der Waals surface area (Å²) in [5.74, 6) is 0.791. The maximum absolute atomic E-state index is 12.6. The van der Waals surface area contributed by atoms with Crippen molar-refractivity contribution in [3.05, 3.63) is 0 Å². The van der Waals surface area contributed by atoms with Crippen molar-refractivity contribution in [3.8, 4) is 0 Å². The van der Waals surface area contributed by atoms with Gasteiger partial charge in [-0.15, -0.1) is 12.4 Å². The highest BCUT2D eigenvalue weighted by molar-refractivity contribution is 5.85.